The summed E-state index contributed by atoms with van der Waals surface area (Å²) in [6.07, 6.45) is 1.81. The number of aromatic nitrogens is 2. The summed E-state index contributed by atoms with van der Waals surface area (Å²) in [6.45, 7) is 4.20. The van der Waals surface area contributed by atoms with E-state index in [1.165, 1.54) is 10.8 Å². The van der Waals surface area contributed by atoms with Crippen LogP contribution in [0.1, 0.15) is 50.8 Å². The molecule has 1 aliphatic heterocycles. The van der Waals surface area contributed by atoms with Gasteiger partial charge in [0.25, 0.3) is 5.56 Å². The number of thiocarbonyl (C=S) groups is 1. The summed E-state index contributed by atoms with van der Waals surface area (Å²) < 4.78 is 25.2. The van der Waals surface area contributed by atoms with E-state index < -0.39 is 35.3 Å². The number of nitrogens with one attached hydrogen (secondary N) is 1. The van der Waals surface area contributed by atoms with Crippen LogP contribution in [0.5, 0.6) is 5.75 Å². The highest BCUT2D eigenvalue weighted by Gasteiger charge is 2.62. The molecule has 184 valence electrons. The molecule has 0 radical (unpaired) electrons. The number of hydrogen-bond donors (Lipinski definition) is 2. The fraction of sp³-hybridized carbons (Fsp3) is 0.542. The Morgan fingerprint density at radius 2 is 2.09 bits per heavy atom. The SMILES string of the molecule is CCCCO[C@@H]1CCC[C@]2(O)[C@@H](OC(=S)Oc3ccccc3)[C@H](n3cc(C)c(=O)[nH]c3=O)O[C@@H]12. The highest BCUT2D eigenvalue weighted by molar-refractivity contribution is 7.79. The fourth-order valence-corrected chi connectivity index (χ4v) is 4.79. The minimum Gasteiger partial charge on any atom is -0.445 e. The van der Waals surface area contributed by atoms with E-state index in [1.54, 1.807) is 31.2 Å². The third kappa shape index (κ3) is 4.95. The number of hydrogen-bond acceptors (Lipinski definition) is 8. The van der Waals surface area contributed by atoms with Gasteiger partial charge in [-0.2, -0.15) is 0 Å². The summed E-state index contributed by atoms with van der Waals surface area (Å²) in [7, 11) is 0. The Balaban J connectivity index is 1.66. The first kappa shape index (κ1) is 24.6. The first-order chi connectivity index (χ1) is 16.3. The molecule has 10 heteroatoms. The molecule has 0 unspecified atom stereocenters. The quantitative estimate of drug-likeness (QED) is 0.450. The van der Waals surface area contributed by atoms with E-state index in [1.807, 2.05) is 6.07 Å². The van der Waals surface area contributed by atoms with Gasteiger partial charge in [-0.05, 0) is 44.7 Å². The third-order valence-electron chi connectivity index (χ3n) is 6.35. The maximum Gasteiger partial charge on any atom is 0.358 e. The molecular weight excluding hydrogens is 460 g/mol. The molecule has 0 spiro atoms. The summed E-state index contributed by atoms with van der Waals surface area (Å²) in [5.41, 5.74) is -2.32. The van der Waals surface area contributed by atoms with Crippen LogP contribution in [-0.4, -0.2) is 50.4 Å². The van der Waals surface area contributed by atoms with Gasteiger partial charge in [-0.25, -0.2) is 4.79 Å². The Kier molecular flexibility index (Phi) is 7.51. The normalized spacial score (nSPS) is 28.3. The number of aliphatic hydroxyl groups is 1. The van der Waals surface area contributed by atoms with Gasteiger partial charge in [0, 0.05) is 30.6 Å². The van der Waals surface area contributed by atoms with Crippen LogP contribution in [0.4, 0.5) is 0 Å². The zero-order valence-electron chi connectivity index (χ0n) is 19.3. The monoisotopic (exact) mass is 490 g/mol. The fourth-order valence-electron chi connectivity index (χ4n) is 4.59. The van der Waals surface area contributed by atoms with Crippen molar-refractivity contribution >= 4 is 17.5 Å². The molecule has 2 fully saturated rings. The molecule has 0 amide bonds. The largest absolute Gasteiger partial charge is 0.445 e. The maximum atomic E-state index is 12.7. The van der Waals surface area contributed by atoms with Gasteiger partial charge in [-0.3, -0.25) is 14.3 Å². The van der Waals surface area contributed by atoms with E-state index in [0.29, 0.717) is 37.2 Å². The number of H-pyrrole nitrogens is 1. The maximum absolute atomic E-state index is 12.7. The zero-order valence-corrected chi connectivity index (χ0v) is 20.1. The molecule has 34 heavy (non-hydrogen) atoms. The molecule has 2 aliphatic rings. The minimum atomic E-state index is -1.48. The van der Waals surface area contributed by atoms with Crippen LogP contribution in [0.25, 0.3) is 0 Å². The molecule has 2 N–H and O–H groups in total. The number of aryl methyl sites for hydroxylation is 1. The number of benzene rings is 1. The second-order valence-corrected chi connectivity index (χ2v) is 9.11. The number of fused-ring (bicyclic) bond motifs is 1. The zero-order chi connectivity index (χ0) is 24.3. The summed E-state index contributed by atoms with van der Waals surface area (Å²) in [6, 6.07) is 8.89. The molecule has 2 aromatic rings. The molecule has 1 aromatic carbocycles. The van der Waals surface area contributed by atoms with Gasteiger partial charge in [-0.1, -0.05) is 31.5 Å². The first-order valence-corrected chi connectivity index (χ1v) is 12.0. The lowest BCUT2D eigenvalue weighted by Crippen LogP contribution is -2.56. The van der Waals surface area contributed by atoms with Crippen molar-refractivity contribution in [3.63, 3.8) is 0 Å². The lowest BCUT2D eigenvalue weighted by molar-refractivity contribution is -0.162. The Bertz CT molecular complexity index is 1120. The molecule has 4 rings (SSSR count). The summed E-state index contributed by atoms with van der Waals surface area (Å²) in [5.74, 6) is 0.480. The van der Waals surface area contributed by atoms with Crippen LogP contribution in [0.3, 0.4) is 0 Å². The molecule has 2 heterocycles. The average Bonchev–Trinajstić information content (AvgIpc) is 3.10. The summed E-state index contributed by atoms with van der Waals surface area (Å²) in [5, 5.41) is 11.6. The Morgan fingerprint density at radius 3 is 2.82 bits per heavy atom. The van der Waals surface area contributed by atoms with Gasteiger partial charge >= 0.3 is 10.9 Å². The second-order valence-electron chi connectivity index (χ2n) is 8.78. The van der Waals surface area contributed by atoms with Crippen LogP contribution in [0.15, 0.2) is 46.1 Å². The van der Waals surface area contributed by atoms with Crippen LogP contribution < -0.4 is 16.0 Å². The van der Waals surface area contributed by atoms with Gasteiger partial charge in [0.05, 0.1) is 6.10 Å². The van der Waals surface area contributed by atoms with Gasteiger partial charge in [0.2, 0.25) is 0 Å². The predicted octanol–water partition coefficient (Wildman–Crippen LogP) is 2.59. The molecule has 0 bridgehead atoms. The number of ether oxygens (including phenoxy) is 4. The lowest BCUT2D eigenvalue weighted by Gasteiger charge is -2.40. The predicted molar refractivity (Wildman–Crippen MR) is 128 cm³/mol. The van der Waals surface area contributed by atoms with E-state index in [0.717, 1.165) is 12.8 Å². The van der Waals surface area contributed by atoms with Crippen molar-refractivity contribution in [2.45, 2.75) is 76.1 Å². The van der Waals surface area contributed by atoms with E-state index >= 15 is 0 Å². The van der Waals surface area contributed by atoms with E-state index in [2.05, 4.69) is 11.9 Å². The van der Waals surface area contributed by atoms with Crippen molar-refractivity contribution in [3.8, 4) is 5.75 Å². The van der Waals surface area contributed by atoms with Gasteiger partial charge in [0.1, 0.15) is 17.5 Å². The number of para-hydroxylation sites is 1. The van der Waals surface area contributed by atoms with E-state index in [9.17, 15) is 14.7 Å². The van der Waals surface area contributed by atoms with E-state index in [4.69, 9.17) is 31.2 Å². The molecule has 5 atom stereocenters. The Hall–Kier alpha value is -2.53. The smallest absolute Gasteiger partial charge is 0.358 e. The lowest BCUT2D eigenvalue weighted by atomic mass is 9.78. The minimum absolute atomic E-state index is 0.206. The van der Waals surface area contributed by atoms with Crippen molar-refractivity contribution in [2.24, 2.45) is 0 Å². The number of rotatable bonds is 7. The van der Waals surface area contributed by atoms with Crippen LogP contribution >= 0.6 is 12.2 Å². The van der Waals surface area contributed by atoms with Gasteiger partial charge in [-0.15, -0.1) is 0 Å². The van der Waals surface area contributed by atoms with E-state index in [-0.39, 0.29) is 11.3 Å². The van der Waals surface area contributed by atoms with Crippen LogP contribution in [0.2, 0.25) is 0 Å². The third-order valence-corrected chi connectivity index (χ3v) is 6.53. The topological polar surface area (TPSA) is 112 Å². The Labute approximate surface area is 202 Å². The summed E-state index contributed by atoms with van der Waals surface area (Å²) in [4.78, 5) is 26.9. The second kappa shape index (κ2) is 10.4. The number of aromatic amines is 1. The highest BCUT2D eigenvalue weighted by Crippen LogP contribution is 2.47. The molecule has 1 saturated carbocycles. The van der Waals surface area contributed by atoms with Gasteiger partial charge in [0.15, 0.2) is 12.3 Å². The van der Waals surface area contributed by atoms with Crippen molar-refractivity contribution in [1.82, 2.24) is 9.55 Å². The van der Waals surface area contributed by atoms with Crippen molar-refractivity contribution in [3.05, 3.63) is 62.9 Å². The molecule has 1 aliphatic carbocycles. The highest BCUT2D eigenvalue weighted by atomic mass is 32.1. The first-order valence-electron chi connectivity index (χ1n) is 11.6. The van der Waals surface area contributed by atoms with Crippen molar-refractivity contribution < 1.29 is 24.1 Å². The Morgan fingerprint density at radius 1 is 1.32 bits per heavy atom. The molecule has 1 saturated heterocycles. The summed E-state index contributed by atoms with van der Waals surface area (Å²) >= 11 is 5.33. The van der Waals surface area contributed by atoms with Gasteiger partial charge < -0.3 is 24.1 Å². The molecule has 1 aromatic heterocycles. The molecule has 9 nitrogen and oxygen atoms in total. The van der Waals surface area contributed by atoms with Crippen molar-refractivity contribution in [1.29, 1.82) is 0 Å². The average molecular weight is 491 g/mol. The molecular formula is C24H30N2O7S. The number of nitrogens with zero attached hydrogens (tertiary/aromatic N) is 1. The number of unbranched alkanes of at least 4 members (excludes halogenated alkanes) is 1. The van der Waals surface area contributed by atoms with Crippen LogP contribution in [0, 0.1) is 6.92 Å². The van der Waals surface area contributed by atoms with Crippen molar-refractivity contribution in [2.75, 3.05) is 6.61 Å². The van der Waals surface area contributed by atoms with Crippen LogP contribution in [-0.2, 0) is 14.2 Å². The standard InChI is InChI=1S/C24H30N2O7S/c1-3-4-13-30-17-11-8-12-24(29)18(17)32-21(26-14-15(2)20(27)25-22(26)28)19(24)33-23(34)31-16-9-6-5-7-10-16/h5-7,9-10,14,17-19,21,29H,3-4,8,11-13H2,1-2H3,(H,25,27,28)/t17-,18+,19+,21-,24-/m1/s1.